The van der Waals surface area contributed by atoms with Gasteiger partial charge >= 0.3 is 0 Å². The second-order valence-electron chi connectivity index (χ2n) is 7.36. The molecule has 0 spiro atoms. The van der Waals surface area contributed by atoms with Crippen molar-refractivity contribution in [1.29, 1.82) is 0 Å². The van der Waals surface area contributed by atoms with Crippen LogP contribution in [0.4, 0.5) is 5.13 Å². The van der Waals surface area contributed by atoms with E-state index in [9.17, 15) is 0 Å². The smallest absolute Gasteiger partial charge is 0.184 e. The highest BCUT2D eigenvalue weighted by Gasteiger charge is 2.22. The molecule has 1 atom stereocenters. The molecule has 0 amide bonds. The van der Waals surface area contributed by atoms with Crippen molar-refractivity contribution in [3.8, 4) is 0 Å². The average Bonchev–Trinajstić information content (AvgIpc) is 3.46. The summed E-state index contributed by atoms with van der Waals surface area (Å²) in [6.07, 6.45) is 7.37. The van der Waals surface area contributed by atoms with Crippen LogP contribution in [-0.4, -0.2) is 24.5 Å². The molecule has 29 heavy (non-hydrogen) atoms. The van der Waals surface area contributed by atoms with Gasteiger partial charge in [-0.2, -0.15) is 0 Å². The van der Waals surface area contributed by atoms with Crippen LogP contribution in [0.1, 0.15) is 29.2 Å². The third kappa shape index (κ3) is 2.94. The van der Waals surface area contributed by atoms with Gasteiger partial charge in [-0.3, -0.25) is 0 Å². The minimum atomic E-state index is 0.350. The summed E-state index contributed by atoms with van der Waals surface area (Å²) < 4.78 is 3.24. The van der Waals surface area contributed by atoms with E-state index >= 15 is 0 Å². The van der Waals surface area contributed by atoms with Crippen molar-refractivity contribution in [2.45, 2.75) is 25.4 Å². The summed E-state index contributed by atoms with van der Waals surface area (Å²) >= 11 is 1.72. The molecule has 0 saturated heterocycles. The summed E-state index contributed by atoms with van der Waals surface area (Å²) in [5.41, 5.74) is 6.76. The zero-order valence-corrected chi connectivity index (χ0v) is 16.4. The van der Waals surface area contributed by atoms with Crippen LogP contribution in [0.25, 0.3) is 21.4 Å². The lowest BCUT2D eigenvalue weighted by molar-refractivity contribution is 0.761. The van der Waals surface area contributed by atoms with E-state index in [1.165, 1.54) is 21.4 Å². The Labute approximate surface area is 171 Å². The van der Waals surface area contributed by atoms with Gasteiger partial charge in [0.1, 0.15) is 11.8 Å². The standard InChI is InChI=1S/C22H18N6S/c1-2-4-16-15(3-1)6-8-17(16)26-22-27-18-7-5-14(9-20(18)29-22)11-28-13-25-19-10-23-12-24-21(19)28/h1-5,7,9-10,12-13,17H,6,8,11H2,(H,26,27). The Kier molecular flexibility index (Phi) is 3.80. The van der Waals surface area contributed by atoms with Crippen molar-refractivity contribution in [2.75, 3.05) is 5.32 Å². The SMILES string of the molecule is c1ccc2c(c1)CCC2Nc1nc2ccc(Cn3cnc4cncnc43)cc2s1. The molecule has 0 fully saturated rings. The van der Waals surface area contributed by atoms with Crippen molar-refractivity contribution < 1.29 is 0 Å². The maximum Gasteiger partial charge on any atom is 0.184 e. The number of rotatable bonds is 4. The molecule has 142 valence electrons. The quantitative estimate of drug-likeness (QED) is 0.480. The van der Waals surface area contributed by atoms with Crippen LogP contribution in [-0.2, 0) is 13.0 Å². The van der Waals surface area contributed by atoms with Gasteiger partial charge in [0.05, 0.1) is 35.3 Å². The number of hydrogen-bond donors (Lipinski definition) is 1. The first-order chi connectivity index (χ1) is 14.3. The van der Waals surface area contributed by atoms with Gasteiger partial charge in [0.2, 0.25) is 0 Å². The second kappa shape index (κ2) is 6.63. The Bertz CT molecular complexity index is 1340. The molecule has 1 aliphatic carbocycles. The summed E-state index contributed by atoms with van der Waals surface area (Å²) in [6.45, 7) is 0.722. The molecule has 0 bridgehead atoms. The van der Waals surface area contributed by atoms with E-state index < -0.39 is 0 Å². The molecule has 6 nitrogen and oxygen atoms in total. The fraction of sp³-hybridized carbons (Fsp3) is 0.182. The second-order valence-corrected chi connectivity index (χ2v) is 8.39. The van der Waals surface area contributed by atoms with E-state index in [2.05, 4.69) is 62.7 Å². The van der Waals surface area contributed by atoms with Gasteiger partial charge in [0.15, 0.2) is 10.8 Å². The van der Waals surface area contributed by atoms with Gasteiger partial charge in [-0.25, -0.2) is 19.9 Å². The van der Waals surface area contributed by atoms with Crippen LogP contribution in [0, 0.1) is 0 Å². The number of anilines is 1. The predicted molar refractivity (Wildman–Crippen MR) is 115 cm³/mol. The third-order valence-electron chi connectivity index (χ3n) is 5.52. The van der Waals surface area contributed by atoms with Crippen molar-refractivity contribution in [2.24, 2.45) is 0 Å². The minimum Gasteiger partial charge on any atom is -0.355 e. The van der Waals surface area contributed by atoms with Crippen LogP contribution in [0.2, 0.25) is 0 Å². The molecule has 3 heterocycles. The van der Waals surface area contributed by atoms with Crippen molar-refractivity contribution in [3.63, 3.8) is 0 Å². The summed E-state index contributed by atoms with van der Waals surface area (Å²) in [7, 11) is 0. The minimum absolute atomic E-state index is 0.350. The van der Waals surface area contributed by atoms with Gasteiger partial charge in [0.25, 0.3) is 0 Å². The topological polar surface area (TPSA) is 68.5 Å². The number of aromatic nitrogens is 5. The fourth-order valence-electron chi connectivity index (χ4n) is 4.11. The summed E-state index contributed by atoms with van der Waals surface area (Å²) in [4.78, 5) is 17.6. The molecular weight excluding hydrogens is 380 g/mol. The molecule has 1 aliphatic rings. The lowest BCUT2D eigenvalue weighted by Crippen LogP contribution is -2.06. The number of fused-ring (bicyclic) bond motifs is 3. The molecule has 3 aromatic heterocycles. The Morgan fingerprint density at radius 3 is 3.07 bits per heavy atom. The van der Waals surface area contributed by atoms with E-state index in [4.69, 9.17) is 4.98 Å². The molecule has 0 aliphatic heterocycles. The fourth-order valence-corrected chi connectivity index (χ4v) is 5.09. The Balaban J connectivity index is 1.27. The molecule has 1 N–H and O–H groups in total. The summed E-state index contributed by atoms with van der Waals surface area (Å²) in [5, 5.41) is 4.64. The van der Waals surface area contributed by atoms with Crippen molar-refractivity contribution in [1.82, 2.24) is 24.5 Å². The largest absolute Gasteiger partial charge is 0.355 e. The molecule has 5 aromatic rings. The van der Waals surface area contributed by atoms with Gasteiger partial charge < -0.3 is 9.88 Å². The van der Waals surface area contributed by atoms with Crippen LogP contribution in [0.15, 0.2) is 61.3 Å². The molecule has 0 radical (unpaired) electrons. The van der Waals surface area contributed by atoms with E-state index in [1.807, 2.05) is 10.9 Å². The number of imidazole rings is 1. The van der Waals surface area contributed by atoms with Gasteiger partial charge in [-0.1, -0.05) is 41.7 Å². The number of nitrogens with one attached hydrogen (secondary N) is 1. The Hall–Kier alpha value is -3.32. The molecule has 1 unspecified atom stereocenters. The van der Waals surface area contributed by atoms with Crippen LogP contribution in [0.3, 0.4) is 0 Å². The highest BCUT2D eigenvalue weighted by molar-refractivity contribution is 7.22. The summed E-state index contributed by atoms with van der Waals surface area (Å²) in [6, 6.07) is 15.5. The Morgan fingerprint density at radius 1 is 1.10 bits per heavy atom. The van der Waals surface area contributed by atoms with Gasteiger partial charge in [-0.15, -0.1) is 0 Å². The lowest BCUT2D eigenvalue weighted by Gasteiger charge is -2.12. The molecule has 7 heteroatoms. The average molecular weight is 398 g/mol. The zero-order valence-electron chi connectivity index (χ0n) is 15.6. The highest BCUT2D eigenvalue weighted by Crippen LogP contribution is 2.36. The van der Waals surface area contributed by atoms with Crippen molar-refractivity contribution in [3.05, 3.63) is 78.0 Å². The first-order valence-corrected chi connectivity index (χ1v) is 10.5. The first kappa shape index (κ1) is 16.6. The number of nitrogens with zero attached hydrogens (tertiary/aromatic N) is 5. The number of aryl methyl sites for hydroxylation is 1. The molecular formula is C22H18N6S. The third-order valence-corrected chi connectivity index (χ3v) is 6.47. The number of benzene rings is 2. The van der Waals surface area contributed by atoms with Crippen LogP contribution >= 0.6 is 11.3 Å². The molecule has 0 saturated carbocycles. The normalized spacial score (nSPS) is 15.8. The summed E-state index contributed by atoms with van der Waals surface area (Å²) in [5.74, 6) is 0. The monoisotopic (exact) mass is 398 g/mol. The molecule has 6 rings (SSSR count). The van der Waals surface area contributed by atoms with E-state index in [0.717, 1.165) is 41.2 Å². The number of thiazole rings is 1. The van der Waals surface area contributed by atoms with E-state index in [-0.39, 0.29) is 0 Å². The highest BCUT2D eigenvalue weighted by atomic mass is 32.1. The lowest BCUT2D eigenvalue weighted by atomic mass is 10.1. The van der Waals surface area contributed by atoms with Gasteiger partial charge in [-0.05, 0) is 41.7 Å². The predicted octanol–water partition coefficient (Wildman–Crippen LogP) is 4.58. The van der Waals surface area contributed by atoms with Gasteiger partial charge in [0, 0.05) is 0 Å². The maximum absolute atomic E-state index is 4.80. The van der Waals surface area contributed by atoms with E-state index in [1.54, 1.807) is 23.9 Å². The Morgan fingerprint density at radius 2 is 2.07 bits per heavy atom. The van der Waals surface area contributed by atoms with E-state index in [0.29, 0.717) is 6.04 Å². The van der Waals surface area contributed by atoms with Crippen molar-refractivity contribution >= 4 is 37.8 Å². The zero-order chi connectivity index (χ0) is 19.2. The van der Waals surface area contributed by atoms with Crippen LogP contribution in [0.5, 0.6) is 0 Å². The maximum atomic E-state index is 4.80. The molecule has 2 aromatic carbocycles. The number of hydrogen-bond acceptors (Lipinski definition) is 6. The first-order valence-electron chi connectivity index (χ1n) is 9.68. The van der Waals surface area contributed by atoms with Crippen LogP contribution < -0.4 is 5.32 Å².